The molecule has 0 saturated carbocycles. The number of rotatable bonds is 6. The lowest BCUT2D eigenvalue weighted by atomic mass is 10.1. The number of anilines is 1. The number of carbonyl (C=O) groups is 2. The topological polar surface area (TPSA) is 58.6 Å². The minimum absolute atomic E-state index is 0.0436. The molecule has 0 aliphatic carbocycles. The average molecular weight is 396 g/mol. The van der Waals surface area contributed by atoms with Gasteiger partial charge in [-0.05, 0) is 29.6 Å². The summed E-state index contributed by atoms with van der Waals surface area (Å²) in [6, 6.07) is 7.88. The molecular formula is C18H15F3N2O3S. The van der Waals surface area contributed by atoms with E-state index in [1.54, 1.807) is 17.5 Å². The molecular weight excluding hydrogens is 381 g/mol. The summed E-state index contributed by atoms with van der Waals surface area (Å²) in [4.78, 5) is 27.0. The molecule has 1 aliphatic heterocycles. The molecule has 2 heterocycles. The first kappa shape index (κ1) is 19.1. The summed E-state index contributed by atoms with van der Waals surface area (Å²) >= 11 is 1.26. The van der Waals surface area contributed by atoms with Crippen LogP contribution < -0.4 is 5.32 Å². The van der Waals surface area contributed by atoms with Gasteiger partial charge in [0.2, 0.25) is 0 Å². The molecule has 1 N–H and O–H groups in total. The molecule has 2 amide bonds. The zero-order valence-corrected chi connectivity index (χ0v) is 15.0. The number of benzene rings is 1. The molecule has 3 rings (SSSR count). The highest BCUT2D eigenvalue weighted by Crippen LogP contribution is 2.34. The summed E-state index contributed by atoms with van der Waals surface area (Å²) in [5, 5.41) is 4.46. The summed E-state index contributed by atoms with van der Waals surface area (Å²) in [5.41, 5.74) is -0.677. The van der Waals surface area contributed by atoms with Gasteiger partial charge in [0.25, 0.3) is 11.8 Å². The van der Waals surface area contributed by atoms with Gasteiger partial charge in [-0.25, -0.2) is 0 Å². The zero-order valence-electron chi connectivity index (χ0n) is 14.2. The second-order valence-electron chi connectivity index (χ2n) is 5.69. The Bertz CT molecular complexity index is 892. The highest BCUT2D eigenvalue weighted by atomic mass is 32.1. The molecule has 27 heavy (non-hydrogen) atoms. The number of hydrogen-bond donors (Lipinski definition) is 1. The van der Waals surface area contributed by atoms with Crippen LogP contribution in [0.3, 0.4) is 0 Å². The van der Waals surface area contributed by atoms with E-state index in [0.717, 1.165) is 17.0 Å². The van der Waals surface area contributed by atoms with Crippen LogP contribution in [0.5, 0.6) is 0 Å². The van der Waals surface area contributed by atoms with Crippen LogP contribution >= 0.6 is 11.3 Å². The lowest BCUT2D eigenvalue weighted by Gasteiger charge is -2.14. The van der Waals surface area contributed by atoms with Crippen LogP contribution in [0.15, 0.2) is 47.5 Å². The number of nitrogens with zero attached hydrogens (tertiary/aromatic N) is 1. The van der Waals surface area contributed by atoms with Crippen molar-refractivity contribution in [2.45, 2.75) is 6.18 Å². The minimum atomic E-state index is -4.51. The molecule has 0 radical (unpaired) electrons. The number of halogens is 3. The molecule has 9 heteroatoms. The predicted molar refractivity (Wildman–Crippen MR) is 94.9 cm³/mol. The molecule has 2 aromatic rings. The standard InChI is InChI=1S/C18H15F3N2O3S/c1-26-8-7-23-16(24)14(13-6-3-9-27-13)15(17(23)25)22-12-5-2-4-11(10-12)18(19,20)21/h2-6,9-10,22H,7-8H2,1H3. The maximum Gasteiger partial charge on any atom is 0.416 e. The van der Waals surface area contributed by atoms with Crippen molar-refractivity contribution >= 4 is 34.4 Å². The summed E-state index contributed by atoms with van der Waals surface area (Å²) in [6.45, 7) is 0.211. The largest absolute Gasteiger partial charge is 0.416 e. The van der Waals surface area contributed by atoms with Crippen LogP contribution in [0.4, 0.5) is 18.9 Å². The molecule has 5 nitrogen and oxygen atoms in total. The Balaban J connectivity index is 1.99. The summed E-state index contributed by atoms with van der Waals surface area (Å²) in [7, 11) is 1.44. The molecule has 0 spiro atoms. The Morgan fingerprint density at radius 1 is 1.15 bits per heavy atom. The SMILES string of the molecule is COCCN1C(=O)C(Nc2cccc(C(F)(F)F)c2)=C(c2cccs2)C1=O. The van der Waals surface area contributed by atoms with Crippen LogP contribution in [0.25, 0.3) is 5.57 Å². The Morgan fingerprint density at radius 2 is 1.93 bits per heavy atom. The number of amides is 2. The maximum absolute atomic E-state index is 12.9. The second kappa shape index (κ2) is 7.53. The first-order valence-electron chi connectivity index (χ1n) is 7.90. The average Bonchev–Trinajstić information content (AvgIpc) is 3.21. The van der Waals surface area contributed by atoms with E-state index in [-0.39, 0.29) is 30.1 Å². The predicted octanol–water partition coefficient (Wildman–Crippen LogP) is 3.61. The Morgan fingerprint density at radius 3 is 2.56 bits per heavy atom. The number of ether oxygens (including phenoxy) is 1. The van der Waals surface area contributed by atoms with E-state index in [2.05, 4.69) is 5.32 Å². The summed E-state index contributed by atoms with van der Waals surface area (Å²) < 4.78 is 43.7. The van der Waals surface area contributed by atoms with E-state index in [1.165, 1.54) is 30.6 Å². The summed E-state index contributed by atoms with van der Waals surface area (Å²) in [5.74, 6) is -1.10. The van der Waals surface area contributed by atoms with Crippen molar-refractivity contribution in [1.29, 1.82) is 0 Å². The van der Waals surface area contributed by atoms with Crippen molar-refractivity contribution in [2.75, 3.05) is 25.6 Å². The smallest absolute Gasteiger partial charge is 0.383 e. The van der Waals surface area contributed by atoms with Crippen molar-refractivity contribution in [3.05, 3.63) is 57.9 Å². The molecule has 0 unspecified atom stereocenters. The van der Waals surface area contributed by atoms with E-state index >= 15 is 0 Å². The lowest BCUT2D eigenvalue weighted by molar-refractivity contribution is -0.138. The monoisotopic (exact) mass is 396 g/mol. The fourth-order valence-corrected chi connectivity index (χ4v) is 3.41. The number of nitrogens with one attached hydrogen (secondary N) is 1. The molecule has 0 bridgehead atoms. The third kappa shape index (κ3) is 3.88. The van der Waals surface area contributed by atoms with Crippen molar-refractivity contribution in [3.8, 4) is 0 Å². The molecule has 0 fully saturated rings. The molecule has 1 aliphatic rings. The second-order valence-corrected chi connectivity index (χ2v) is 6.63. The van der Waals surface area contributed by atoms with E-state index in [9.17, 15) is 22.8 Å². The van der Waals surface area contributed by atoms with Crippen molar-refractivity contribution < 1.29 is 27.5 Å². The number of thiophene rings is 1. The van der Waals surface area contributed by atoms with E-state index in [1.807, 2.05) is 0 Å². The molecule has 1 aromatic heterocycles. The van der Waals surface area contributed by atoms with E-state index in [0.29, 0.717) is 4.88 Å². The quantitative estimate of drug-likeness (QED) is 0.758. The van der Waals surface area contributed by atoms with Crippen LogP contribution in [0.1, 0.15) is 10.4 Å². The van der Waals surface area contributed by atoms with Gasteiger partial charge in [-0.2, -0.15) is 13.2 Å². The molecule has 0 atom stereocenters. The number of methoxy groups -OCH3 is 1. The van der Waals surface area contributed by atoms with Gasteiger partial charge in [0.05, 0.1) is 24.3 Å². The van der Waals surface area contributed by atoms with Crippen LogP contribution in [-0.4, -0.2) is 37.0 Å². The molecule has 0 saturated heterocycles. The van der Waals surface area contributed by atoms with E-state index in [4.69, 9.17) is 4.74 Å². The van der Waals surface area contributed by atoms with Gasteiger partial charge in [0.1, 0.15) is 5.70 Å². The Labute approximate surface area is 157 Å². The Kier molecular flexibility index (Phi) is 5.33. The first-order valence-corrected chi connectivity index (χ1v) is 8.78. The fourth-order valence-electron chi connectivity index (χ4n) is 2.64. The van der Waals surface area contributed by atoms with Gasteiger partial charge < -0.3 is 10.1 Å². The van der Waals surface area contributed by atoms with Gasteiger partial charge in [-0.1, -0.05) is 12.1 Å². The Hall–Kier alpha value is -2.65. The summed E-state index contributed by atoms with van der Waals surface area (Å²) in [6.07, 6.45) is -4.51. The van der Waals surface area contributed by atoms with Crippen molar-refractivity contribution in [1.82, 2.24) is 4.90 Å². The van der Waals surface area contributed by atoms with Crippen LogP contribution in [0.2, 0.25) is 0 Å². The molecule has 142 valence electrons. The van der Waals surface area contributed by atoms with Crippen LogP contribution in [-0.2, 0) is 20.5 Å². The van der Waals surface area contributed by atoms with Crippen LogP contribution in [0, 0.1) is 0 Å². The number of imide groups is 1. The molecule has 1 aromatic carbocycles. The normalized spacial score (nSPS) is 15.0. The van der Waals surface area contributed by atoms with Gasteiger partial charge in [0, 0.05) is 17.7 Å². The first-order chi connectivity index (χ1) is 12.8. The van der Waals surface area contributed by atoms with Gasteiger partial charge in [-0.3, -0.25) is 14.5 Å². The number of carbonyl (C=O) groups excluding carboxylic acids is 2. The van der Waals surface area contributed by atoms with Gasteiger partial charge >= 0.3 is 6.18 Å². The van der Waals surface area contributed by atoms with Gasteiger partial charge in [-0.15, -0.1) is 11.3 Å². The van der Waals surface area contributed by atoms with Gasteiger partial charge in [0.15, 0.2) is 0 Å². The highest BCUT2D eigenvalue weighted by molar-refractivity contribution is 7.11. The van der Waals surface area contributed by atoms with Crippen molar-refractivity contribution in [3.63, 3.8) is 0 Å². The lowest BCUT2D eigenvalue weighted by Crippen LogP contribution is -2.35. The zero-order chi connectivity index (χ0) is 19.6. The van der Waals surface area contributed by atoms with E-state index < -0.39 is 23.6 Å². The maximum atomic E-state index is 12.9. The number of alkyl halides is 3. The third-order valence-electron chi connectivity index (χ3n) is 3.91. The fraction of sp³-hybridized carbons (Fsp3) is 0.222. The number of hydrogen-bond acceptors (Lipinski definition) is 5. The highest BCUT2D eigenvalue weighted by Gasteiger charge is 2.39. The minimum Gasteiger partial charge on any atom is -0.383 e. The third-order valence-corrected chi connectivity index (χ3v) is 4.80. The van der Waals surface area contributed by atoms with Crippen molar-refractivity contribution in [2.24, 2.45) is 0 Å².